The standard InChI is InChI=1S/C18H34N2O/c1-13(2)19-10-17-6-7-18(21-17)12-20(3)11-16-9-14-4-5-15(16)8-14/h13-19H,4-12H2,1-3H3. The predicted octanol–water partition coefficient (Wildman–Crippen LogP) is 2.90. The van der Waals surface area contributed by atoms with Crippen LogP contribution in [0.25, 0.3) is 0 Å². The first kappa shape index (κ1) is 15.8. The van der Waals surface area contributed by atoms with Crippen molar-refractivity contribution in [1.82, 2.24) is 10.2 Å². The molecule has 3 rings (SSSR count). The Morgan fingerprint density at radius 1 is 1.05 bits per heavy atom. The van der Waals surface area contributed by atoms with E-state index < -0.39 is 0 Å². The first-order chi connectivity index (χ1) is 10.1. The van der Waals surface area contributed by atoms with E-state index in [9.17, 15) is 0 Å². The van der Waals surface area contributed by atoms with Crippen LogP contribution in [0.1, 0.15) is 52.4 Å². The SMILES string of the molecule is CC(C)NCC1CCC(CN(C)CC2CC3CCC2C3)O1. The highest BCUT2D eigenvalue weighted by Crippen LogP contribution is 2.48. The van der Waals surface area contributed by atoms with Crippen molar-refractivity contribution in [3.63, 3.8) is 0 Å². The van der Waals surface area contributed by atoms with Gasteiger partial charge in [0, 0.05) is 25.7 Å². The van der Waals surface area contributed by atoms with Crippen molar-refractivity contribution in [2.24, 2.45) is 17.8 Å². The average Bonchev–Trinajstić information content (AvgIpc) is 3.12. The maximum atomic E-state index is 6.20. The van der Waals surface area contributed by atoms with Gasteiger partial charge in [0.15, 0.2) is 0 Å². The fourth-order valence-electron chi connectivity index (χ4n) is 4.85. The van der Waals surface area contributed by atoms with Crippen LogP contribution < -0.4 is 5.32 Å². The molecule has 21 heavy (non-hydrogen) atoms. The molecule has 0 spiro atoms. The van der Waals surface area contributed by atoms with Crippen LogP contribution in [0.2, 0.25) is 0 Å². The minimum absolute atomic E-state index is 0.438. The molecule has 0 aromatic carbocycles. The van der Waals surface area contributed by atoms with Crippen molar-refractivity contribution in [1.29, 1.82) is 0 Å². The summed E-state index contributed by atoms with van der Waals surface area (Å²) in [6.45, 7) is 7.86. The summed E-state index contributed by atoms with van der Waals surface area (Å²) < 4.78 is 6.20. The van der Waals surface area contributed by atoms with Gasteiger partial charge in [0.1, 0.15) is 0 Å². The molecule has 1 saturated heterocycles. The lowest BCUT2D eigenvalue weighted by atomic mass is 9.88. The molecule has 0 radical (unpaired) electrons. The van der Waals surface area contributed by atoms with Crippen LogP contribution in [0.3, 0.4) is 0 Å². The van der Waals surface area contributed by atoms with E-state index in [-0.39, 0.29) is 0 Å². The molecule has 1 heterocycles. The van der Waals surface area contributed by atoms with Gasteiger partial charge in [-0.15, -0.1) is 0 Å². The molecular formula is C18H34N2O. The molecule has 2 bridgehead atoms. The van der Waals surface area contributed by atoms with Crippen molar-refractivity contribution in [3.05, 3.63) is 0 Å². The molecule has 0 aromatic heterocycles. The van der Waals surface area contributed by atoms with E-state index in [2.05, 4.69) is 31.1 Å². The lowest BCUT2D eigenvalue weighted by Crippen LogP contribution is -2.36. The molecule has 2 saturated carbocycles. The van der Waals surface area contributed by atoms with Crippen LogP contribution in [0.15, 0.2) is 0 Å². The molecule has 3 nitrogen and oxygen atoms in total. The van der Waals surface area contributed by atoms with Gasteiger partial charge in [0.2, 0.25) is 0 Å². The van der Waals surface area contributed by atoms with E-state index in [1.165, 1.54) is 45.1 Å². The quantitative estimate of drug-likeness (QED) is 0.781. The molecular weight excluding hydrogens is 260 g/mol. The monoisotopic (exact) mass is 294 g/mol. The van der Waals surface area contributed by atoms with Gasteiger partial charge >= 0.3 is 0 Å². The van der Waals surface area contributed by atoms with E-state index in [4.69, 9.17) is 4.74 Å². The van der Waals surface area contributed by atoms with Gasteiger partial charge in [-0.3, -0.25) is 0 Å². The molecule has 1 aliphatic heterocycles. The maximum Gasteiger partial charge on any atom is 0.0707 e. The van der Waals surface area contributed by atoms with Crippen LogP contribution in [0.4, 0.5) is 0 Å². The Morgan fingerprint density at radius 3 is 2.52 bits per heavy atom. The third kappa shape index (κ3) is 4.20. The topological polar surface area (TPSA) is 24.5 Å². The van der Waals surface area contributed by atoms with Gasteiger partial charge in [-0.1, -0.05) is 20.3 Å². The van der Waals surface area contributed by atoms with Gasteiger partial charge in [0.05, 0.1) is 12.2 Å². The highest BCUT2D eigenvalue weighted by molar-refractivity contribution is 4.91. The van der Waals surface area contributed by atoms with Crippen molar-refractivity contribution < 1.29 is 4.74 Å². The summed E-state index contributed by atoms with van der Waals surface area (Å²) in [5, 5.41) is 3.50. The van der Waals surface area contributed by atoms with Crippen molar-refractivity contribution in [2.75, 3.05) is 26.7 Å². The summed E-state index contributed by atoms with van der Waals surface area (Å²) in [5.41, 5.74) is 0. The summed E-state index contributed by atoms with van der Waals surface area (Å²) in [6.07, 6.45) is 9.43. The van der Waals surface area contributed by atoms with Gasteiger partial charge < -0.3 is 15.0 Å². The molecule has 3 fully saturated rings. The Labute approximate surface area is 130 Å². The molecule has 122 valence electrons. The van der Waals surface area contributed by atoms with E-state index in [0.717, 1.165) is 30.8 Å². The van der Waals surface area contributed by atoms with E-state index in [1.54, 1.807) is 0 Å². The third-order valence-corrected chi connectivity index (χ3v) is 5.90. The Balaban J connectivity index is 1.35. The van der Waals surface area contributed by atoms with Crippen molar-refractivity contribution in [3.8, 4) is 0 Å². The fraction of sp³-hybridized carbons (Fsp3) is 1.00. The zero-order valence-electron chi connectivity index (χ0n) is 14.2. The van der Waals surface area contributed by atoms with Gasteiger partial charge in [-0.2, -0.15) is 0 Å². The maximum absolute atomic E-state index is 6.20. The highest BCUT2D eigenvalue weighted by Gasteiger charge is 2.39. The van der Waals surface area contributed by atoms with Crippen LogP contribution in [0.5, 0.6) is 0 Å². The van der Waals surface area contributed by atoms with E-state index >= 15 is 0 Å². The van der Waals surface area contributed by atoms with Gasteiger partial charge in [0.25, 0.3) is 0 Å². The number of hydrogen-bond donors (Lipinski definition) is 1. The van der Waals surface area contributed by atoms with Crippen LogP contribution >= 0.6 is 0 Å². The average molecular weight is 294 g/mol. The van der Waals surface area contributed by atoms with E-state index in [1.807, 2.05) is 0 Å². The fourth-order valence-corrected chi connectivity index (χ4v) is 4.85. The van der Waals surface area contributed by atoms with E-state index in [0.29, 0.717) is 18.2 Å². The lowest BCUT2D eigenvalue weighted by Gasteiger charge is -2.28. The molecule has 3 aliphatic rings. The molecule has 5 unspecified atom stereocenters. The van der Waals surface area contributed by atoms with Crippen LogP contribution in [-0.4, -0.2) is 49.8 Å². The Morgan fingerprint density at radius 2 is 1.86 bits per heavy atom. The lowest BCUT2D eigenvalue weighted by molar-refractivity contribution is 0.0233. The molecule has 0 aromatic rings. The molecule has 1 N–H and O–H groups in total. The number of ether oxygens (including phenoxy) is 1. The third-order valence-electron chi connectivity index (χ3n) is 5.90. The Bertz CT molecular complexity index is 333. The smallest absolute Gasteiger partial charge is 0.0707 e. The molecule has 0 amide bonds. The number of nitrogens with one attached hydrogen (secondary N) is 1. The highest BCUT2D eigenvalue weighted by atomic mass is 16.5. The summed E-state index contributed by atoms with van der Waals surface area (Å²) >= 11 is 0. The second kappa shape index (κ2) is 6.97. The number of rotatable bonds is 7. The van der Waals surface area contributed by atoms with Crippen molar-refractivity contribution in [2.45, 2.75) is 70.6 Å². The van der Waals surface area contributed by atoms with Gasteiger partial charge in [-0.05, 0) is 56.9 Å². The number of fused-ring (bicyclic) bond motifs is 2. The first-order valence-corrected chi connectivity index (χ1v) is 9.17. The van der Waals surface area contributed by atoms with Crippen LogP contribution in [-0.2, 0) is 4.74 Å². The first-order valence-electron chi connectivity index (χ1n) is 9.17. The summed E-state index contributed by atoms with van der Waals surface area (Å²) in [6, 6.07) is 0.563. The number of hydrogen-bond acceptors (Lipinski definition) is 3. The minimum Gasteiger partial charge on any atom is -0.372 e. The summed E-state index contributed by atoms with van der Waals surface area (Å²) in [7, 11) is 2.30. The molecule has 2 aliphatic carbocycles. The zero-order valence-corrected chi connectivity index (χ0v) is 14.2. The second-order valence-corrected chi connectivity index (χ2v) is 8.18. The summed E-state index contributed by atoms with van der Waals surface area (Å²) in [4.78, 5) is 2.55. The second-order valence-electron chi connectivity index (χ2n) is 8.18. The zero-order chi connectivity index (χ0) is 14.8. The largest absolute Gasteiger partial charge is 0.372 e. The Hall–Kier alpha value is -0.120. The Kier molecular flexibility index (Phi) is 5.23. The minimum atomic E-state index is 0.438. The predicted molar refractivity (Wildman–Crippen MR) is 87.5 cm³/mol. The van der Waals surface area contributed by atoms with Crippen LogP contribution in [0, 0.1) is 17.8 Å². The van der Waals surface area contributed by atoms with Crippen molar-refractivity contribution >= 4 is 0 Å². The molecule has 5 atom stereocenters. The summed E-state index contributed by atoms with van der Waals surface area (Å²) in [5.74, 6) is 3.10. The molecule has 3 heteroatoms. The number of likely N-dealkylation sites (N-methyl/N-ethyl adjacent to an activating group) is 1. The number of nitrogens with zero attached hydrogens (tertiary/aromatic N) is 1. The van der Waals surface area contributed by atoms with Gasteiger partial charge in [-0.25, -0.2) is 0 Å². The normalized spacial score (nSPS) is 39.0.